The molecule has 0 aromatic carbocycles. The second kappa shape index (κ2) is 6.87. The summed E-state index contributed by atoms with van der Waals surface area (Å²) in [6.07, 6.45) is 2.76. The Bertz CT molecular complexity index is 250. The van der Waals surface area contributed by atoms with Gasteiger partial charge in [0.2, 0.25) is 0 Å². The van der Waals surface area contributed by atoms with E-state index < -0.39 is 0 Å². The summed E-state index contributed by atoms with van der Waals surface area (Å²) in [4.78, 5) is 0. The van der Waals surface area contributed by atoms with Crippen molar-refractivity contribution in [2.75, 3.05) is 6.54 Å². The Labute approximate surface area is 91.2 Å². The summed E-state index contributed by atoms with van der Waals surface area (Å²) in [6, 6.07) is 3.95. The summed E-state index contributed by atoms with van der Waals surface area (Å²) in [6.45, 7) is 2.75. The van der Waals surface area contributed by atoms with Crippen molar-refractivity contribution in [3.8, 4) is 0 Å². The fraction of sp³-hybridized carbons (Fsp3) is 0.600. The fourth-order valence-corrected chi connectivity index (χ4v) is 1.26. The molecule has 0 spiro atoms. The van der Waals surface area contributed by atoms with Gasteiger partial charge in [0, 0.05) is 6.42 Å². The molecule has 1 heterocycles. The van der Waals surface area contributed by atoms with E-state index in [1.807, 2.05) is 12.1 Å². The lowest BCUT2D eigenvalue weighted by Crippen LogP contribution is -2.11. The largest absolute Gasteiger partial charge is 0.464 e. The molecule has 0 bridgehead atoms. The van der Waals surface area contributed by atoms with Gasteiger partial charge in [0.25, 0.3) is 0 Å². The predicted molar refractivity (Wildman–Crippen MR) is 60.6 cm³/mol. The summed E-state index contributed by atoms with van der Waals surface area (Å²) in [5, 5.41) is 0. The first kappa shape index (κ1) is 13.5. The molecule has 0 saturated heterocycles. The van der Waals surface area contributed by atoms with Crippen LogP contribution in [0.25, 0.3) is 0 Å². The quantitative estimate of drug-likeness (QED) is 0.795. The van der Waals surface area contributed by atoms with Crippen molar-refractivity contribution in [3.63, 3.8) is 0 Å². The van der Waals surface area contributed by atoms with Gasteiger partial charge in [-0.3, -0.25) is 0 Å². The number of aryl methyl sites for hydroxylation is 1. The highest BCUT2D eigenvalue weighted by molar-refractivity contribution is 5.85. The van der Waals surface area contributed by atoms with Crippen molar-refractivity contribution in [2.24, 2.45) is 11.5 Å². The van der Waals surface area contributed by atoms with E-state index in [9.17, 15) is 0 Å². The molecule has 0 saturated carbocycles. The Hall–Kier alpha value is -0.510. The minimum atomic E-state index is 0. The van der Waals surface area contributed by atoms with E-state index in [4.69, 9.17) is 15.9 Å². The van der Waals surface area contributed by atoms with Gasteiger partial charge in [0.05, 0.1) is 6.04 Å². The molecule has 14 heavy (non-hydrogen) atoms. The van der Waals surface area contributed by atoms with E-state index >= 15 is 0 Å². The molecule has 1 atom stereocenters. The van der Waals surface area contributed by atoms with Crippen LogP contribution in [0.3, 0.4) is 0 Å². The lowest BCUT2D eigenvalue weighted by molar-refractivity contribution is 0.422. The van der Waals surface area contributed by atoms with Gasteiger partial charge in [0.15, 0.2) is 0 Å². The maximum Gasteiger partial charge on any atom is 0.120 e. The third kappa shape index (κ3) is 3.70. The molecule has 1 rings (SSSR count). The van der Waals surface area contributed by atoms with Crippen LogP contribution < -0.4 is 11.5 Å². The van der Waals surface area contributed by atoms with Crippen molar-refractivity contribution in [1.82, 2.24) is 0 Å². The molecule has 4 heteroatoms. The average molecular weight is 219 g/mol. The Morgan fingerprint density at radius 2 is 2.14 bits per heavy atom. The minimum absolute atomic E-state index is 0. The van der Waals surface area contributed by atoms with Gasteiger partial charge in [0.1, 0.15) is 11.5 Å². The number of hydrogen-bond donors (Lipinski definition) is 2. The third-order valence-corrected chi connectivity index (χ3v) is 2.12. The van der Waals surface area contributed by atoms with Gasteiger partial charge >= 0.3 is 0 Å². The van der Waals surface area contributed by atoms with Crippen LogP contribution in [0.2, 0.25) is 0 Å². The molecule has 1 aromatic heterocycles. The molecular weight excluding hydrogens is 200 g/mol. The summed E-state index contributed by atoms with van der Waals surface area (Å²) >= 11 is 0. The first-order chi connectivity index (χ1) is 6.27. The second-order valence-corrected chi connectivity index (χ2v) is 3.20. The Balaban J connectivity index is 0.00000169. The van der Waals surface area contributed by atoms with Gasteiger partial charge in [-0.15, -0.1) is 12.4 Å². The lowest BCUT2D eigenvalue weighted by atomic mass is 10.1. The van der Waals surface area contributed by atoms with Crippen molar-refractivity contribution in [2.45, 2.75) is 32.2 Å². The van der Waals surface area contributed by atoms with E-state index in [0.717, 1.165) is 30.8 Å². The topological polar surface area (TPSA) is 65.2 Å². The molecular formula is C10H19ClN2O. The van der Waals surface area contributed by atoms with E-state index in [1.165, 1.54) is 0 Å². The summed E-state index contributed by atoms with van der Waals surface area (Å²) in [7, 11) is 0. The van der Waals surface area contributed by atoms with Crippen molar-refractivity contribution >= 4 is 12.4 Å². The van der Waals surface area contributed by atoms with E-state index in [1.54, 1.807) is 0 Å². The fourth-order valence-electron chi connectivity index (χ4n) is 1.26. The summed E-state index contributed by atoms with van der Waals surface area (Å²) < 4.78 is 5.53. The Morgan fingerprint density at radius 1 is 1.43 bits per heavy atom. The minimum Gasteiger partial charge on any atom is -0.464 e. The van der Waals surface area contributed by atoms with Gasteiger partial charge in [-0.25, -0.2) is 0 Å². The Kier molecular flexibility index (Phi) is 6.62. The second-order valence-electron chi connectivity index (χ2n) is 3.20. The SMILES string of the molecule is CCc1ccc([C@H](N)CCCN)o1.Cl. The molecule has 0 unspecified atom stereocenters. The van der Waals surface area contributed by atoms with Crippen LogP contribution in [0, 0.1) is 0 Å². The van der Waals surface area contributed by atoms with E-state index in [0.29, 0.717) is 6.54 Å². The van der Waals surface area contributed by atoms with Crippen LogP contribution in [-0.4, -0.2) is 6.54 Å². The number of rotatable bonds is 5. The average Bonchev–Trinajstić information content (AvgIpc) is 2.62. The van der Waals surface area contributed by atoms with Crippen LogP contribution in [0.1, 0.15) is 37.3 Å². The zero-order valence-electron chi connectivity index (χ0n) is 8.53. The van der Waals surface area contributed by atoms with Crippen LogP contribution in [0.15, 0.2) is 16.5 Å². The van der Waals surface area contributed by atoms with E-state index in [2.05, 4.69) is 6.92 Å². The van der Waals surface area contributed by atoms with Crippen LogP contribution >= 0.6 is 12.4 Å². The summed E-state index contributed by atoms with van der Waals surface area (Å²) in [5.41, 5.74) is 11.3. The molecule has 4 N–H and O–H groups in total. The van der Waals surface area contributed by atoms with Crippen molar-refractivity contribution in [3.05, 3.63) is 23.7 Å². The normalized spacial score (nSPS) is 12.2. The van der Waals surface area contributed by atoms with Crippen LogP contribution in [0.4, 0.5) is 0 Å². The number of nitrogens with two attached hydrogens (primary N) is 2. The predicted octanol–water partition coefficient (Wildman–Crippen LogP) is 2.00. The van der Waals surface area contributed by atoms with Crippen molar-refractivity contribution in [1.29, 1.82) is 0 Å². The lowest BCUT2D eigenvalue weighted by Gasteiger charge is -2.06. The maximum atomic E-state index is 5.90. The highest BCUT2D eigenvalue weighted by atomic mass is 35.5. The number of furan rings is 1. The number of halogens is 1. The molecule has 0 aliphatic carbocycles. The summed E-state index contributed by atoms with van der Waals surface area (Å²) in [5.74, 6) is 1.88. The monoisotopic (exact) mass is 218 g/mol. The molecule has 0 aliphatic rings. The van der Waals surface area contributed by atoms with Gasteiger partial charge in [-0.1, -0.05) is 6.92 Å². The van der Waals surface area contributed by atoms with Crippen molar-refractivity contribution < 1.29 is 4.42 Å². The molecule has 1 aromatic rings. The zero-order chi connectivity index (χ0) is 9.68. The number of hydrogen-bond acceptors (Lipinski definition) is 3. The molecule has 3 nitrogen and oxygen atoms in total. The molecule has 0 fully saturated rings. The highest BCUT2D eigenvalue weighted by Crippen LogP contribution is 2.18. The first-order valence-corrected chi connectivity index (χ1v) is 4.82. The molecule has 0 radical (unpaired) electrons. The molecule has 0 amide bonds. The van der Waals surface area contributed by atoms with Gasteiger partial charge < -0.3 is 15.9 Å². The molecule has 82 valence electrons. The maximum absolute atomic E-state index is 5.90. The van der Waals surface area contributed by atoms with Gasteiger partial charge in [-0.2, -0.15) is 0 Å². The van der Waals surface area contributed by atoms with E-state index in [-0.39, 0.29) is 18.4 Å². The van der Waals surface area contributed by atoms with Gasteiger partial charge in [-0.05, 0) is 31.5 Å². The third-order valence-electron chi connectivity index (χ3n) is 2.12. The first-order valence-electron chi connectivity index (χ1n) is 4.82. The molecule has 0 aliphatic heterocycles. The standard InChI is InChI=1S/C10H18N2O.ClH/c1-2-8-5-6-10(13-8)9(12)4-3-7-11;/h5-6,9H,2-4,7,11-12H2,1H3;1H/t9-;/m1./s1. The Morgan fingerprint density at radius 3 is 2.64 bits per heavy atom. The zero-order valence-corrected chi connectivity index (χ0v) is 9.35. The van der Waals surface area contributed by atoms with Crippen LogP contribution in [0.5, 0.6) is 0 Å². The smallest absolute Gasteiger partial charge is 0.120 e. The highest BCUT2D eigenvalue weighted by Gasteiger charge is 2.09. The van der Waals surface area contributed by atoms with Crippen LogP contribution in [-0.2, 0) is 6.42 Å².